The number of methoxy groups -OCH3 is 1. The molecule has 1 fully saturated rings. The monoisotopic (exact) mass is 323 g/mol. The van der Waals surface area contributed by atoms with E-state index in [0.29, 0.717) is 23.9 Å². The van der Waals surface area contributed by atoms with Gasteiger partial charge in [0.05, 0.1) is 18.9 Å². The normalized spacial score (nSPS) is 22.7. The van der Waals surface area contributed by atoms with Gasteiger partial charge in [-0.3, -0.25) is 4.79 Å². The van der Waals surface area contributed by atoms with E-state index in [0.717, 1.165) is 18.5 Å². The lowest BCUT2D eigenvalue weighted by Gasteiger charge is -2.29. The van der Waals surface area contributed by atoms with Gasteiger partial charge in [-0.05, 0) is 32.1 Å². The minimum atomic E-state index is -0.436. The molecule has 6 nitrogen and oxygen atoms in total. The van der Waals surface area contributed by atoms with E-state index in [-0.39, 0.29) is 12.0 Å². The lowest BCUT2D eigenvalue weighted by atomic mass is 9.88. The highest BCUT2D eigenvalue weighted by atomic mass is 16.5. The van der Waals surface area contributed by atoms with E-state index in [1.165, 1.54) is 12.8 Å². The molecule has 0 bridgehead atoms. The standard InChI is InChI=1S/C17H29N3O3/c1-6-14(23-13-9-7-8-11(2)10-13)16(21)18-15-12(3)19-20(4)17(15)22-5/h11,13-14H,6-10H2,1-5H3,(H,18,21)/t11-,13-,14-/m0/s1. The molecule has 3 atom stereocenters. The molecular weight excluding hydrogens is 294 g/mol. The van der Waals surface area contributed by atoms with Crippen molar-refractivity contribution in [1.29, 1.82) is 0 Å². The van der Waals surface area contributed by atoms with Gasteiger partial charge in [0.1, 0.15) is 11.8 Å². The van der Waals surface area contributed by atoms with Crippen molar-refractivity contribution >= 4 is 11.6 Å². The number of hydrogen-bond donors (Lipinski definition) is 1. The van der Waals surface area contributed by atoms with Gasteiger partial charge in [-0.2, -0.15) is 5.10 Å². The number of carbonyl (C=O) groups excluding carboxylic acids is 1. The number of aromatic nitrogens is 2. The summed E-state index contributed by atoms with van der Waals surface area (Å²) < 4.78 is 13.0. The van der Waals surface area contributed by atoms with Crippen LogP contribution in [0.2, 0.25) is 0 Å². The van der Waals surface area contributed by atoms with E-state index in [1.807, 2.05) is 13.8 Å². The third kappa shape index (κ3) is 4.25. The van der Waals surface area contributed by atoms with Crippen LogP contribution >= 0.6 is 0 Å². The average molecular weight is 323 g/mol. The molecule has 1 heterocycles. The lowest BCUT2D eigenvalue weighted by Crippen LogP contribution is -2.35. The number of nitrogens with zero attached hydrogens (tertiary/aromatic N) is 2. The Hall–Kier alpha value is -1.56. The number of rotatable bonds is 6. The first kappa shape index (κ1) is 17.8. The quantitative estimate of drug-likeness (QED) is 0.874. The van der Waals surface area contributed by atoms with Crippen LogP contribution in [0.5, 0.6) is 5.88 Å². The summed E-state index contributed by atoms with van der Waals surface area (Å²) in [5.41, 5.74) is 1.36. The number of anilines is 1. The number of ether oxygens (including phenoxy) is 2. The summed E-state index contributed by atoms with van der Waals surface area (Å²) in [5, 5.41) is 7.21. The molecule has 0 unspecified atom stereocenters. The maximum absolute atomic E-state index is 12.6. The highest BCUT2D eigenvalue weighted by Crippen LogP contribution is 2.29. The summed E-state index contributed by atoms with van der Waals surface area (Å²) in [6.45, 7) is 6.08. The highest BCUT2D eigenvalue weighted by molar-refractivity contribution is 5.95. The first-order valence-corrected chi connectivity index (χ1v) is 8.50. The summed E-state index contributed by atoms with van der Waals surface area (Å²) in [7, 11) is 3.36. The van der Waals surface area contributed by atoms with Gasteiger partial charge in [0, 0.05) is 7.05 Å². The van der Waals surface area contributed by atoms with Crippen LogP contribution in [0.1, 0.15) is 51.6 Å². The van der Waals surface area contributed by atoms with Crippen LogP contribution in [0.4, 0.5) is 5.69 Å². The van der Waals surface area contributed by atoms with Gasteiger partial charge < -0.3 is 14.8 Å². The topological polar surface area (TPSA) is 65.4 Å². The molecule has 1 aromatic rings. The molecule has 0 aliphatic heterocycles. The van der Waals surface area contributed by atoms with Crippen LogP contribution in [0.15, 0.2) is 0 Å². The number of amides is 1. The van der Waals surface area contributed by atoms with Crippen molar-refractivity contribution in [3.8, 4) is 5.88 Å². The summed E-state index contributed by atoms with van der Waals surface area (Å²) in [4.78, 5) is 12.6. The zero-order valence-corrected chi connectivity index (χ0v) is 14.9. The fourth-order valence-corrected chi connectivity index (χ4v) is 3.30. The molecular formula is C17H29N3O3. The minimum Gasteiger partial charge on any atom is -0.480 e. The van der Waals surface area contributed by atoms with E-state index in [4.69, 9.17) is 9.47 Å². The van der Waals surface area contributed by atoms with E-state index in [1.54, 1.807) is 18.8 Å². The predicted molar refractivity (Wildman–Crippen MR) is 89.7 cm³/mol. The van der Waals surface area contributed by atoms with Gasteiger partial charge in [-0.15, -0.1) is 0 Å². The Morgan fingerprint density at radius 3 is 2.83 bits per heavy atom. The average Bonchev–Trinajstić information content (AvgIpc) is 2.78. The van der Waals surface area contributed by atoms with Crippen molar-refractivity contribution in [2.45, 2.75) is 65.1 Å². The lowest BCUT2D eigenvalue weighted by molar-refractivity contribution is -0.133. The van der Waals surface area contributed by atoms with E-state index in [2.05, 4.69) is 17.3 Å². The van der Waals surface area contributed by atoms with Gasteiger partial charge in [-0.1, -0.05) is 26.7 Å². The fraction of sp³-hybridized carbons (Fsp3) is 0.765. The van der Waals surface area contributed by atoms with E-state index >= 15 is 0 Å². The summed E-state index contributed by atoms with van der Waals surface area (Å²) in [6, 6.07) is 0. The van der Waals surface area contributed by atoms with Crippen LogP contribution < -0.4 is 10.1 Å². The van der Waals surface area contributed by atoms with Gasteiger partial charge in [0.15, 0.2) is 0 Å². The smallest absolute Gasteiger partial charge is 0.253 e. The Kier molecular flexibility index (Phi) is 6.04. The Morgan fingerprint density at radius 2 is 2.22 bits per heavy atom. The largest absolute Gasteiger partial charge is 0.480 e. The maximum Gasteiger partial charge on any atom is 0.253 e. The van der Waals surface area contributed by atoms with Crippen molar-refractivity contribution in [3.05, 3.63) is 5.69 Å². The van der Waals surface area contributed by atoms with Gasteiger partial charge in [-0.25, -0.2) is 4.68 Å². The fourth-order valence-electron chi connectivity index (χ4n) is 3.30. The molecule has 6 heteroatoms. The minimum absolute atomic E-state index is 0.125. The summed E-state index contributed by atoms with van der Waals surface area (Å²) in [6.07, 6.45) is 4.93. The number of aryl methyl sites for hydroxylation is 2. The van der Waals surface area contributed by atoms with Crippen molar-refractivity contribution in [2.75, 3.05) is 12.4 Å². The Balaban J connectivity index is 2.03. The zero-order chi connectivity index (χ0) is 17.0. The second-order valence-corrected chi connectivity index (χ2v) is 6.51. The van der Waals surface area contributed by atoms with Crippen LogP contribution in [-0.4, -0.2) is 35.0 Å². The number of hydrogen-bond acceptors (Lipinski definition) is 4. The molecule has 1 amide bonds. The second-order valence-electron chi connectivity index (χ2n) is 6.51. The summed E-state index contributed by atoms with van der Waals surface area (Å²) >= 11 is 0. The third-order valence-electron chi connectivity index (χ3n) is 4.52. The van der Waals surface area contributed by atoms with Gasteiger partial charge >= 0.3 is 0 Å². The van der Waals surface area contributed by atoms with Crippen LogP contribution in [0.3, 0.4) is 0 Å². The molecule has 1 saturated carbocycles. The highest BCUT2D eigenvalue weighted by Gasteiger charge is 2.27. The molecule has 2 rings (SSSR count). The molecule has 23 heavy (non-hydrogen) atoms. The van der Waals surface area contributed by atoms with Crippen LogP contribution in [-0.2, 0) is 16.6 Å². The Bertz CT molecular complexity index is 541. The molecule has 1 aliphatic carbocycles. The van der Waals surface area contributed by atoms with Crippen LogP contribution in [0.25, 0.3) is 0 Å². The van der Waals surface area contributed by atoms with Crippen molar-refractivity contribution in [1.82, 2.24) is 9.78 Å². The van der Waals surface area contributed by atoms with Crippen LogP contribution in [0, 0.1) is 12.8 Å². The zero-order valence-electron chi connectivity index (χ0n) is 14.9. The SMILES string of the molecule is CC[C@H](O[C@H]1CCC[C@H](C)C1)C(=O)Nc1c(C)nn(C)c1OC. The second kappa shape index (κ2) is 7.81. The van der Waals surface area contributed by atoms with Gasteiger partial charge in [0.25, 0.3) is 5.91 Å². The van der Waals surface area contributed by atoms with E-state index in [9.17, 15) is 4.79 Å². The molecule has 0 spiro atoms. The van der Waals surface area contributed by atoms with Crippen molar-refractivity contribution in [3.63, 3.8) is 0 Å². The Morgan fingerprint density at radius 1 is 1.48 bits per heavy atom. The van der Waals surface area contributed by atoms with E-state index < -0.39 is 6.10 Å². The number of nitrogens with one attached hydrogen (secondary N) is 1. The predicted octanol–water partition coefficient (Wildman–Crippen LogP) is 3.05. The molecule has 0 saturated heterocycles. The summed E-state index contributed by atoms with van der Waals surface area (Å²) in [5.74, 6) is 1.10. The third-order valence-corrected chi connectivity index (χ3v) is 4.52. The van der Waals surface area contributed by atoms with Crippen molar-refractivity contribution < 1.29 is 14.3 Å². The van der Waals surface area contributed by atoms with Gasteiger partial charge in [0.2, 0.25) is 5.88 Å². The first-order chi connectivity index (χ1) is 11.0. The molecule has 0 aromatic carbocycles. The molecule has 1 aliphatic rings. The van der Waals surface area contributed by atoms with Crippen molar-refractivity contribution in [2.24, 2.45) is 13.0 Å². The number of carbonyl (C=O) groups is 1. The Labute approximate surface area is 138 Å². The maximum atomic E-state index is 12.6. The first-order valence-electron chi connectivity index (χ1n) is 8.50. The molecule has 1 aromatic heterocycles. The molecule has 0 radical (unpaired) electrons. The molecule has 130 valence electrons. The molecule has 1 N–H and O–H groups in total.